The molecule has 0 bridgehead atoms. The first-order valence-corrected chi connectivity index (χ1v) is 7.16. The molecule has 20 heavy (non-hydrogen) atoms. The summed E-state index contributed by atoms with van der Waals surface area (Å²) in [6.45, 7) is 6.29. The van der Waals surface area contributed by atoms with E-state index in [1.807, 2.05) is 26.8 Å². The van der Waals surface area contributed by atoms with Gasteiger partial charge in [0, 0.05) is 6.42 Å². The monoisotopic (exact) mass is 280 g/mol. The van der Waals surface area contributed by atoms with Crippen LogP contribution in [0.15, 0.2) is 24.3 Å². The number of carbonyl (C=O) groups excluding carboxylic acids is 1. The number of phenols is 1. The third kappa shape index (κ3) is 5.61. The number of benzene rings is 1. The Morgan fingerprint density at radius 1 is 1.35 bits per heavy atom. The van der Waals surface area contributed by atoms with Crippen LogP contribution in [0.5, 0.6) is 5.75 Å². The molecule has 1 aromatic rings. The second kappa shape index (κ2) is 8.59. The van der Waals surface area contributed by atoms with Gasteiger partial charge in [-0.2, -0.15) is 0 Å². The molecule has 0 spiro atoms. The van der Waals surface area contributed by atoms with E-state index in [1.165, 1.54) is 0 Å². The Hall–Kier alpha value is -1.55. The summed E-state index contributed by atoms with van der Waals surface area (Å²) in [5, 5.41) is 9.48. The molecule has 4 heteroatoms. The molecule has 0 amide bonds. The molecule has 0 fully saturated rings. The smallest absolute Gasteiger partial charge is 0.335 e. The summed E-state index contributed by atoms with van der Waals surface area (Å²) in [5.74, 6) is -0.151. The Balaban J connectivity index is 2.73. The van der Waals surface area contributed by atoms with Crippen LogP contribution in [0.4, 0.5) is 0 Å². The van der Waals surface area contributed by atoms with E-state index in [9.17, 15) is 9.90 Å². The zero-order valence-electron chi connectivity index (χ0n) is 12.5. The Bertz CT molecular complexity index is 417. The molecule has 0 saturated carbocycles. The van der Waals surface area contributed by atoms with Crippen molar-refractivity contribution in [2.45, 2.75) is 52.2 Å². The summed E-state index contributed by atoms with van der Waals surface area (Å²) >= 11 is 0. The van der Waals surface area contributed by atoms with Gasteiger partial charge < -0.3 is 14.6 Å². The number of hydrogen-bond acceptors (Lipinski definition) is 4. The van der Waals surface area contributed by atoms with Crippen LogP contribution in [0.1, 0.15) is 39.2 Å². The average molecular weight is 280 g/mol. The van der Waals surface area contributed by atoms with Gasteiger partial charge in [-0.15, -0.1) is 0 Å². The summed E-state index contributed by atoms with van der Waals surface area (Å²) in [7, 11) is 0. The van der Waals surface area contributed by atoms with Gasteiger partial charge in [0.25, 0.3) is 0 Å². The zero-order chi connectivity index (χ0) is 15.0. The summed E-state index contributed by atoms with van der Waals surface area (Å²) in [5.41, 5.74) is 0.853. The minimum Gasteiger partial charge on any atom is -0.508 e. The van der Waals surface area contributed by atoms with Crippen LogP contribution in [0, 0.1) is 0 Å². The van der Waals surface area contributed by atoms with Crippen LogP contribution < -0.4 is 0 Å². The molecular formula is C16H24O4. The summed E-state index contributed by atoms with van der Waals surface area (Å²) < 4.78 is 10.9. The van der Waals surface area contributed by atoms with E-state index in [-0.39, 0.29) is 17.8 Å². The van der Waals surface area contributed by atoms with Crippen LogP contribution in [-0.2, 0) is 20.7 Å². The first-order valence-electron chi connectivity index (χ1n) is 7.16. The fraction of sp³-hybridized carbons (Fsp3) is 0.562. The molecule has 1 N–H and O–H groups in total. The predicted octanol–water partition coefficient (Wildman–Crippen LogP) is 3.07. The molecule has 0 aliphatic rings. The molecule has 1 aromatic carbocycles. The highest BCUT2D eigenvalue weighted by Gasteiger charge is 2.23. The Morgan fingerprint density at radius 3 is 2.70 bits per heavy atom. The van der Waals surface area contributed by atoms with Crippen molar-refractivity contribution in [2.24, 2.45) is 0 Å². The zero-order valence-corrected chi connectivity index (χ0v) is 12.5. The van der Waals surface area contributed by atoms with Crippen molar-refractivity contribution >= 4 is 5.97 Å². The minimum absolute atomic E-state index is 0.00788. The quantitative estimate of drug-likeness (QED) is 0.743. The van der Waals surface area contributed by atoms with Gasteiger partial charge in [0.2, 0.25) is 0 Å². The number of carbonyl (C=O) groups is 1. The summed E-state index contributed by atoms with van der Waals surface area (Å²) in [4.78, 5) is 12.0. The second-order valence-corrected chi connectivity index (χ2v) is 4.89. The van der Waals surface area contributed by atoms with Gasteiger partial charge in [-0.05, 0) is 37.5 Å². The highest BCUT2D eigenvalue weighted by atomic mass is 16.6. The lowest BCUT2D eigenvalue weighted by Gasteiger charge is -2.20. The van der Waals surface area contributed by atoms with Crippen LogP contribution in [-0.4, -0.2) is 29.9 Å². The Kier molecular flexibility index (Phi) is 7.09. The lowest BCUT2D eigenvalue weighted by molar-refractivity contribution is -0.160. The first-order chi connectivity index (χ1) is 9.56. The van der Waals surface area contributed by atoms with Gasteiger partial charge in [0.05, 0.1) is 12.7 Å². The van der Waals surface area contributed by atoms with E-state index in [2.05, 4.69) is 0 Å². The standard InChI is InChI=1S/C16H24O4/c1-4-9-19-16(18)15(20-12(3)5-2)11-13-7-6-8-14(17)10-13/h6-8,10,12,15,17H,4-5,9,11H2,1-3H3. The van der Waals surface area contributed by atoms with Crippen molar-refractivity contribution < 1.29 is 19.4 Å². The fourth-order valence-corrected chi connectivity index (χ4v) is 1.76. The number of esters is 1. The van der Waals surface area contributed by atoms with Crippen LogP contribution in [0.3, 0.4) is 0 Å². The second-order valence-electron chi connectivity index (χ2n) is 4.89. The van der Waals surface area contributed by atoms with Gasteiger partial charge in [-0.1, -0.05) is 26.0 Å². The molecule has 2 unspecified atom stereocenters. The molecule has 1 rings (SSSR count). The van der Waals surface area contributed by atoms with E-state index < -0.39 is 6.10 Å². The summed E-state index contributed by atoms with van der Waals surface area (Å²) in [6, 6.07) is 6.85. The fourth-order valence-electron chi connectivity index (χ4n) is 1.76. The number of hydrogen-bond donors (Lipinski definition) is 1. The normalized spacial score (nSPS) is 13.8. The van der Waals surface area contributed by atoms with E-state index in [0.717, 1.165) is 18.4 Å². The predicted molar refractivity (Wildman–Crippen MR) is 77.7 cm³/mol. The van der Waals surface area contributed by atoms with Crippen LogP contribution in [0.25, 0.3) is 0 Å². The maximum atomic E-state index is 12.0. The third-order valence-electron chi connectivity index (χ3n) is 3.01. The van der Waals surface area contributed by atoms with Gasteiger partial charge in [0.1, 0.15) is 5.75 Å². The highest BCUT2D eigenvalue weighted by molar-refractivity contribution is 5.75. The number of aromatic hydroxyl groups is 1. The van der Waals surface area contributed by atoms with E-state index >= 15 is 0 Å². The topological polar surface area (TPSA) is 55.8 Å². The van der Waals surface area contributed by atoms with E-state index in [4.69, 9.17) is 9.47 Å². The summed E-state index contributed by atoms with van der Waals surface area (Å²) in [6.07, 6.45) is 1.39. The molecule has 0 radical (unpaired) electrons. The largest absolute Gasteiger partial charge is 0.508 e. The average Bonchev–Trinajstić information content (AvgIpc) is 2.43. The van der Waals surface area contributed by atoms with Gasteiger partial charge >= 0.3 is 5.97 Å². The molecule has 2 atom stereocenters. The molecule has 0 heterocycles. The molecule has 0 aliphatic heterocycles. The van der Waals surface area contributed by atoms with Crippen molar-refractivity contribution in [3.8, 4) is 5.75 Å². The highest BCUT2D eigenvalue weighted by Crippen LogP contribution is 2.16. The van der Waals surface area contributed by atoms with Crippen molar-refractivity contribution in [2.75, 3.05) is 6.61 Å². The van der Waals surface area contributed by atoms with Crippen molar-refractivity contribution in [1.82, 2.24) is 0 Å². The molecule has 112 valence electrons. The Labute approximate surface area is 120 Å². The number of rotatable bonds is 8. The van der Waals surface area contributed by atoms with Gasteiger partial charge in [-0.25, -0.2) is 4.79 Å². The third-order valence-corrected chi connectivity index (χ3v) is 3.01. The maximum absolute atomic E-state index is 12.0. The number of ether oxygens (including phenoxy) is 2. The SMILES string of the molecule is CCCOC(=O)C(Cc1cccc(O)c1)OC(C)CC. The lowest BCUT2D eigenvalue weighted by Crippen LogP contribution is -2.32. The van der Waals surface area contributed by atoms with Crippen molar-refractivity contribution in [3.05, 3.63) is 29.8 Å². The Morgan fingerprint density at radius 2 is 2.10 bits per heavy atom. The molecule has 0 aromatic heterocycles. The van der Waals surface area contributed by atoms with Crippen molar-refractivity contribution in [3.63, 3.8) is 0 Å². The molecule has 4 nitrogen and oxygen atoms in total. The molecule has 0 aliphatic carbocycles. The van der Waals surface area contributed by atoms with Gasteiger partial charge in [-0.3, -0.25) is 0 Å². The van der Waals surface area contributed by atoms with Crippen LogP contribution in [0.2, 0.25) is 0 Å². The minimum atomic E-state index is -0.627. The first kappa shape index (κ1) is 16.5. The van der Waals surface area contributed by atoms with E-state index in [1.54, 1.807) is 18.2 Å². The molecular weight excluding hydrogens is 256 g/mol. The van der Waals surface area contributed by atoms with Crippen LogP contribution >= 0.6 is 0 Å². The van der Waals surface area contributed by atoms with Crippen molar-refractivity contribution in [1.29, 1.82) is 0 Å². The van der Waals surface area contributed by atoms with E-state index in [0.29, 0.717) is 13.0 Å². The maximum Gasteiger partial charge on any atom is 0.335 e. The number of phenolic OH excluding ortho intramolecular Hbond substituents is 1. The van der Waals surface area contributed by atoms with Gasteiger partial charge in [0.15, 0.2) is 6.10 Å². The molecule has 0 saturated heterocycles. The lowest BCUT2D eigenvalue weighted by atomic mass is 10.1.